The highest BCUT2D eigenvalue weighted by Crippen LogP contribution is 2.19. The van der Waals surface area contributed by atoms with Crippen LogP contribution < -0.4 is 10.6 Å². The van der Waals surface area contributed by atoms with E-state index in [0.717, 1.165) is 25.9 Å². The van der Waals surface area contributed by atoms with Gasteiger partial charge in [0.2, 0.25) is 5.91 Å². The molecular weight excluding hydrogens is 302 g/mol. The Labute approximate surface area is 137 Å². The van der Waals surface area contributed by atoms with Crippen LogP contribution >= 0.6 is 12.4 Å². The fourth-order valence-corrected chi connectivity index (χ4v) is 2.46. The number of amides is 2. The van der Waals surface area contributed by atoms with Crippen LogP contribution in [-0.2, 0) is 4.79 Å². The maximum absolute atomic E-state index is 12.4. The third-order valence-corrected chi connectivity index (χ3v) is 3.82. The second kappa shape index (κ2) is 8.76. The summed E-state index contributed by atoms with van der Waals surface area (Å²) in [5.74, 6) is 0.690. The average Bonchev–Trinajstić information content (AvgIpc) is 2.48. The molecule has 122 valence electrons. The number of likely N-dealkylation sites (N-methyl/N-ethyl adjacent to an activating group) is 1. The molecule has 2 rings (SSSR count). The van der Waals surface area contributed by atoms with Crippen molar-refractivity contribution < 1.29 is 9.59 Å². The maximum atomic E-state index is 12.4. The fraction of sp³-hybridized carbons (Fsp3) is 0.500. The van der Waals surface area contributed by atoms with Gasteiger partial charge in [-0.15, -0.1) is 12.4 Å². The van der Waals surface area contributed by atoms with Crippen LogP contribution in [0, 0.1) is 5.92 Å². The van der Waals surface area contributed by atoms with Gasteiger partial charge in [-0.1, -0.05) is 6.92 Å². The first-order valence-electron chi connectivity index (χ1n) is 7.44. The molecule has 1 aliphatic rings. The van der Waals surface area contributed by atoms with E-state index in [9.17, 15) is 9.59 Å². The van der Waals surface area contributed by atoms with Crippen molar-refractivity contribution in [2.75, 3.05) is 32.0 Å². The van der Waals surface area contributed by atoms with Gasteiger partial charge >= 0.3 is 0 Å². The lowest BCUT2D eigenvalue weighted by Gasteiger charge is -2.30. The number of hydrogen-bond donors (Lipinski definition) is 2. The molecule has 5 nitrogen and oxygen atoms in total. The summed E-state index contributed by atoms with van der Waals surface area (Å²) in [5.41, 5.74) is 1.38. The van der Waals surface area contributed by atoms with Crippen molar-refractivity contribution in [2.45, 2.75) is 19.8 Å². The van der Waals surface area contributed by atoms with Gasteiger partial charge in [-0.25, -0.2) is 0 Å². The van der Waals surface area contributed by atoms with E-state index < -0.39 is 0 Å². The van der Waals surface area contributed by atoms with E-state index in [-0.39, 0.29) is 30.8 Å². The van der Waals surface area contributed by atoms with E-state index in [2.05, 4.69) is 17.6 Å². The molecule has 0 bridgehead atoms. The Morgan fingerprint density at radius 3 is 2.32 bits per heavy atom. The quantitative estimate of drug-likeness (QED) is 0.891. The molecule has 1 aromatic carbocycles. The molecule has 0 radical (unpaired) electrons. The minimum atomic E-state index is -0.0957. The summed E-state index contributed by atoms with van der Waals surface area (Å²) in [6.07, 6.45) is 2.15. The van der Waals surface area contributed by atoms with Gasteiger partial charge in [-0.3, -0.25) is 9.59 Å². The minimum absolute atomic E-state index is 0. The second-order valence-corrected chi connectivity index (χ2v) is 5.63. The summed E-state index contributed by atoms with van der Waals surface area (Å²) in [6.45, 7) is 4.17. The fourth-order valence-electron chi connectivity index (χ4n) is 2.46. The molecule has 0 saturated carbocycles. The van der Waals surface area contributed by atoms with Crippen molar-refractivity contribution in [1.82, 2.24) is 10.2 Å². The molecule has 0 unspecified atom stereocenters. The van der Waals surface area contributed by atoms with E-state index in [0.29, 0.717) is 17.2 Å². The molecule has 1 heterocycles. The number of rotatable bonds is 4. The molecule has 2 N–H and O–H groups in total. The zero-order chi connectivity index (χ0) is 15.2. The lowest BCUT2D eigenvalue weighted by molar-refractivity contribution is -0.115. The number of halogens is 1. The molecule has 2 amide bonds. The Morgan fingerprint density at radius 1 is 1.18 bits per heavy atom. The van der Waals surface area contributed by atoms with E-state index in [1.807, 2.05) is 4.90 Å². The van der Waals surface area contributed by atoms with Gasteiger partial charge in [0.15, 0.2) is 0 Å². The summed E-state index contributed by atoms with van der Waals surface area (Å²) in [5, 5.41) is 5.56. The van der Waals surface area contributed by atoms with Gasteiger partial charge in [0, 0.05) is 24.3 Å². The Hall–Kier alpha value is -1.59. The molecule has 0 aromatic heterocycles. The largest absolute Gasteiger partial charge is 0.339 e. The van der Waals surface area contributed by atoms with Crippen molar-refractivity contribution in [3.63, 3.8) is 0 Å². The van der Waals surface area contributed by atoms with E-state index in [1.54, 1.807) is 31.3 Å². The minimum Gasteiger partial charge on any atom is -0.339 e. The third kappa shape index (κ3) is 5.00. The summed E-state index contributed by atoms with van der Waals surface area (Å²) in [4.78, 5) is 25.7. The van der Waals surface area contributed by atoms with Crippen LogP contribution in [0.1, 0.15) is 30.1 Å². The predicted molar refractivity (Wildman–Crippen MR) is 90.5 cm³/mol. The second-order valence-electron chi connectivity index (χ2n) is 5.63. The number of anilines is 1. The summed E-state index contributed by atoms with van der Waals surface area (Å²) in [6, 6.07) is 7.09. The number of benzene rings is 1. The molecule has 1 aromatic rings. The van der Waals surface area contributed by atoms with E-state index in [1.165, 1.54) is 0 Å². The first kappa shape index (κ1) is 18.5. The molecule has 1 aliphatic heterocycles. The van der Waals surface area contributed by atoms with Crippen LogP contribution in [0.25, 0.3) is 0 Å². The number of carbonyl (C=O) groups excluding carboxylic acids is 2. The molecule has 1 saturated heterocycles. The normalized spacial score (nSPS) is 15.1. The number of hydrogen-bond acceptors (Lipinski definition) is 3. The molecular formula is C16H24ClN3O2. The summed E-state index contributed by atoms with van der Waals surface area (Å²) < 4.78 is 0. The van der Waals surface area contributed by atoms with E-state index in [4.69, 9.17) is 0 Å². The van der Waals surface area contributed by atoms with Gasteiger partial charge in [0.1, 0.15) is 0 Å². The van der Waals surface area contributed by atoms with Crippen molar-refractivity contribution >= 4 is 29.9 Å². The van der Waals surface area contributed by atoms with Crippen LogP contribution in [0.3, 0.4) is 0 Å². The molecule has 1 fully saturated rings. The van der Waals surface area contributed by atoms with Gasteiger partial charge in [-0.2, -0.15) is 0 Å². The SMILES string of the molecule is CNCC(=O)Nc1ccc(C(=O)N2CCC(C)CC2)cc1.Cl. The first-order valence-corrected chi connectivity index (χ1v) is 7.44. The van der Waals surface area contributed by atoms with Crippen molar-refractivity contribution in [3.05, 3.63) is 29.8 Å². The van der Waals surface area contributed by atoms with Crippen LogP contribution in [0.5, 0.6) is 0 Å². The standard InChI is InChI=1S/C16H23N3O2.ClH/c1-12-7-9-19(10-8-12)16(21)13-3-5-14(6-4-13)18-15(20)11-17-2;/h3-6,12,17H,7-11H2,1-2H3,(H,18,20);1H. The molecule has 0 spiro atoms. The highest BCUT2D eigenvalue weighted by Gasteiger charge is 2.21. The number of nitrogens with zero attached hydrogens (tertiary/aromatic N) is 1. The highest BCUT2D eigenvalue weighted by atomic mass is 35.5. The summed E-state index contributed by atoms with van der Waals surface area (Å²) in [7, 11) is 1.72. The number of carbonyl (C=O) groups is 2. The van der Waals surface area contributed by atoms with Crippen LogP contribution in [0.4, 0.5) is 5.69 Å². The topological polar surface area (TPSA) is 61.4 Å². The Bertz CT molecular complexity index is 497. The Kier molecular flexibility index (Phi) is 7.35. The third-order valence-electron chi connectivity index (χ3n) is 3.82. The first-order chi connectivity index (χ1) is 10.1. The van der Waals surface area contributed by atoms with Gasteiger partial charge in [0.25, 0.3) is 5.91 Å². The van der Waals surface area contributed by atoms with Crippen LogP contribution in [0.15, 0.2) is 24.3 Å². The highest BCUT2D eigenvalue weighted by molar-refractivity contribution is 5.96. The zero-order valence-electron chi connectivity index (χ0n) is 13.1. The van der Waals surface area contributed by atoms with Crippen molar-refractivity contribution in [2.24, 2.45) is 5.92 Å². The number of likely N-dealkylation sites (tertiary alicyclic amines) is 1. The number of piperidine rings is 1. The van der Waals surface area contributed by atoms with Gasteiger partial charge in [-0.05, 0) is 50.1 Å². The number of nitrogens with one attached hydrogen (secondary N) is 2. The monoisotopic (exact) mass is 325 g/mol. The molecule has 6 heteroatoms. The van der Waals surface area contributed by atoms with Crippen LogP contribution in [-0.4, -0.2) is 43.4 Å². The average molecular weight is 326 g/mol. The molecule has 0 aliphatic carbocycles. The predicted octanol–water partition coefficient (Wildman–Crippen LogP) is 2.14. The smallest absolute Gasteiger partial charge is 0.253 e. The Morgan fingerprint density at radius 2 is 1.77 bits per heavy atom. The summed E-state index contributed by atoms with van der Waals surface area (Å²) >= 11 is 0. The lowest BCUT2D eigenvalue weighted by Crippen LogP contribution is -2.37. The van der Waals surface area contributed by atoms with E-state index >= 15 is 0 Å². The van der Waals surface area contributed by atoms with Gasteiger partial charge in [0.05, 0.1) is 6.54 Å². The zero-order valence-corrected chi connectivity index (χ0v) is 13.9. The lowest BCUT2D eigenvalue weighted by atomic mass is 9.98. The van der Waals surface area contributed by atoms with Gasteiger partial charge < -0.3 is 15.5 Å². The van der Waals surface area contributed by atoms with Crippen molar-refractivity contribution in [1.29, 1.82) is 0 Å². The maximum Gasteiger partial charge on any atom is 0.253 e. The molecule has 22 heavy (non-hydrogen) atoms. The Balaban J connectivity index is 0.00000242. The van der Waals surface area contributed by atoms with Crippen molar-refractivity contribution in [3.8, 4) is 0 Å². The van der Waals surface area contributed by atoms with Crippen LogP contribution in [0.2, 0.25) is 0 Å². The molecule has 0 atom stereocenters.